The summed E-state index contributed by atoms with van der Waals surface area (Å²) in [6, 6.07) is 8.35. The van der Waals surface area contributed by atoms with Crippen LogP contribution >= 0.6 is 15.9 Å². The molecule has 1 aliphatic rings. The SMILES string of the molecule is CC(CN)C(=O)NC(c1ccc(Br)cc1)C1CCC1. The normalized spacial score (nSPS) is 18.5. The molecule has 0 heterocycles. The van der Waals surface area contributed by atoms with E-state index in [1.807, 2.05) is 19.1 Å². The molecule has 104 valence electrons. The Kier molecular flexibility index (Phi) is 4.99. The highest BCUT2D eigenvalue weighted by atomic mass is 79.9. The molecule has 0 spiro atoms. The van der Waals surface area contributed by atoms with Gasteiger partial charge in [-0.15, -0.1) is 0 Å². The lowest BCUT2D eigenvalue weighted by molar-refractivity contribution is -0.125. The summed E-state index contributed by atoms with van der Waals surface area (Å²) in [5, 5.41) is 3.17. The second-order valence-corrected chi connectivity index (χ2v) is 6.28. The van der Waals surface area contributed by atoms with Crippen LogP contribution in [-0.4, -0.2) is 12.5 Å². The summed E-state index contributed by atoms with van der Waals surface area (Å²) in [6.45, 7) is 2.26. The molecule has 2 atom stereocenters. The van der Waals surface area contributed by atoms with Crippen LogP contribution in [0.4, 0.5) is 0 Å². The molecule has 3 nitrogen and oxygen atoms in total. The molecular formula is C15H21BrN2O. The molecule has 1 saturated carbocycles. The van der Waals surface area contributed by atoms with Crippen molar-refractivity contribution in [3.8, 4) is 0 Å². The van der Waals surface area contributed by atoms with Crippen molar-refractivity contribution in [2.24, 2.45) is 17.6 Å². The molecule has 1 aromatic rings. The molecule has 1 amide bonds. The molecule has 1 fully saturated rings. The topological polar surface area (TPSA) is 55.1 Å². The van der Waals surface area contributed by atoms with Crippen molar-refractivity contribution in [2.45, 2.75) is 32.2 Å². The van der Waals surface area contributed by atoms with Gasteiger partial charge in [-0.2, -0.15) is 0 Å². The second-order valence-electron chi connectivity index (χ2n) is 5.37. The van der Waals surface area contributed by atoms with Crippen LogP contribution in [0.2, 0.25) is 0 Å². The standard InChI is InChI=1S/C15H21BrN2O/c1-10(9-17)15(19)18-14(11-3-2-4-11)12-5-7-13(16)8-6-12/h5-8,10-11,14H,2-4,9,17H2,1H3,(H,18,19). The molecule has 1 aromatic carbocycles. The van der Waals surface area contributed by atoms with E-state index in [9.17, 15) is 4.79 Å². The van der Waals surface area contributed by atoms with Crippen LogP contribution in [0, 0.1) is 11.8 Å². The predicted molar refractivity (Wildman–Crippen MR) is 80.6 cm³/mol. The Balaban J connectivity index is 2.12. The van der Waals surface area contributed by atoms with Gasteiger partial charge in [0.2, 0.25) is 5.91 Å². The molecule has 3 N–H and O–H groups in total. The Hall–Kier alpha value is -0.870. The zero-order valence-corrected chi connectivity index (χ0v) is 12.8. The number of carbonyl (C=O) groups is 1. The first-order valence-corrected chi connectivity index (χ1v) is 7.67. The second kappa shape index (κ2) is 6.53. The van der Waals surface area contributed by atoms with Crippen molar-refractivity contribution in [1.29, 1.82) is 0 Å². The van der Waals surface area contributed by atoms with Gasteiger partial charge in [-0.05, 0) is 36.5 Å². The molecule has 4 heteroatoms. The quantitative estimate of drug-likeness (QED) is 0.874. The van der Waals surface area contributed by atoms with Gasteiger partial charge in [-0.3, -0.25) is 4.79 Å². The predicted octanol–water partition coefficient (Wildman–Crippen LogP) is 3.00. The highest BCUT2D eigenvalue weighted by Crippen LogP contribution is 2.38. The smallest absolute Gasteiger partial charge is 0.224 e. The first-order valence-electron chi connectivity index (χ1n) is 6.87. The minimum absolute atomic E-state index is 0.0577. The summed E-state index contributed by atoms with van der Waals surface area (Å²) in [5.74, 6) is 0.496. The van der Waals surface area contributed by atoms with E-state index in [0.717, 1.165) is 4.47 Å². The fourth-order valence-electron chi connectivity index (χ4n) is 2.32. The van der Waals surface area contributed by atoms with Gasteiger partial charge in [-0.25, -0.2) is 0 Å². The Labute approximate surface area is 123 Å². The minimum Gasteiger partial charge on any atom is -0.349 e. The van der Waals surface area contributed by atoms with Gasteiger partial charge in [0.25, 0.3) is 0 Å². The van der Waals surface area contributed by atoms with Crippen LogP contribution in [0.1, 0.15) is 37.8 Å². The fraction of sp³-hybridized carbons (Fsp3) is 0.533. The van der Waals surface area contributed by atoms with Crippen LogP contribution < -0.4 is 11.1 Å². The van der Waals surface area contributed by atoms with Crippen molar-refractivity contribution >= 4 is 21.8 Å². The zero-order valence-electron chi connectivity index (χ0n) is 11.2. The molecule has 0 aromatic heterocycles. The van der Waals surface area contributed by atoms with Crippen molar-refractivity contribution < 1.29 is 4.79 Å². The van der Waals surface area contributed by atoms with E-state index < -0.39 is 0 Å². The third-order valence-corrected chi connectivity index (χ3v) is 4.48. The molecule has 0 aliphatic heterocycles. The van der Waals surface area contributed by atoms with Gasteiger partial charge in [0.1, 0.15) is 0 Å². The highest BCUT2D eigenvalue weighted by molar-refractivity contribution is 9.10. The highest BCUT2D eigenvalue weighted by Gasteiger charge is 2.30. The van der Waals surface area contributed by atoms with E-state index in [1.54, 1.807) is 0 Å². The molecule has 2 unspecified atom stereocenters. The van der Waals surface area contributed by atoms with Gasteiger partial charge in [0.05, 0.1) is 6.04 Å². The van der Waals surface area contributed by atoms with Crippen molar-refractivity contribution in [1.82, 2.24) is 5.32 Å². The Morgan fingerprint density at radius 1 is 1.42 bits per heavy atom. The largest absolute Gasteiger partial charge is 0.349 e. The number of hydrogen-bond acceptors (Lipinski definition) is 2. The number of carbonyl (C=O) groups excluding carboxylic acids is 1. The lowest BCUT2D eigenvalue weighted by Gasteiger charge is -2.35. The van der Waals surface area contributed by atoms with Crippen LogP contribution in [0.15, 0.2) is 28.7 Å². The fourth-order valence-corrected chi connectivity index (χ4v) is 2.58. The average molecular weight is 325 g/mol. The maximum atomic E-state index is 12.1. The first-order chi connectivity index (χ1) is 9.11. The first kappa shape index (κ1) is 14.5. The number of nitrogens with one attached hydrogen (secondary N) is 1. The van der Waals surface area contributed by atoms with Gasteiger partial charge < -0.3 is 11.1 Å². The van der Waals surface area contributed by atoms with Crippen LogP contribution in [-0.2, 0) is 4.79 Å². The monoisotopic (exact) mass is 324 g/mol. The number of rotatable bonds is 5. The maximum Gasteiger partial charge on any atom is 0.224 e. The minimum atomic E-state index is -0.127. The lowest BCUT2D eigenvalue weighted by Crippen LogP contribution is -2.40. The molecule has 0 radical (unpaired) electrons. The average Bonchev–Trinajstić information content (AvgIpc) is 2.35. The van der Waals surface area contributed by atoms with Crippen LogP contribution in [0.5, 0.6) is 0 Å². The van der Waals surface area contributed by atoms with E-state index in [4.69, 9.17) is 5.73 Å². The van der Waals surface area contributed by atoms with Gasteiger partial charge in [0, 0.05) is 16.9 Å². The van der Waals surface area contributed by atoms with E-state index in [-0.39, 0.29) is 17.9 Å². The number of hydrogen-bond donors (Lipinski definition) is 2. The van der Waals surface area contributed by atoms with Crippen molar-refractivity contribution in [3.05, 3.63) is 34.3 Å². The Bertz CT molecular complexity index is 428. The van der Waals surface area contributed by atoms with Gasteiger partial charge in [-0.1, -0.05) is 41.4 Å². The molecule has 1 aliphatic carbocycles. The van der Waals surface area contributed by atoms with Crippen LogP contribution in [0.25, 0.3) is 0 Å². The maximum absolute atomic E-state index is 12.1. The van der Waals surface area contributed by atoms with E-state index in [0.29, 0.717) is 12.5 Å². The summed E-state index contributed by atoms with van der Waals surface area (Å²) in [6.07, 6.45) is 3.65. The number of halogens is 1. The van der Waals surface area contributed by atoms with Crippen molar-refractivity contribution in [2.75, 3.05) is 6.54 Å². The molecule has 0 saturated heterocycles. The van der Waals surface area contributed by atoms with E-state index in [1.165, 1.54) is 24.8 Å². The lowest BCUT2D eigenvalue weighted by atomic mass is 9.77. The summed E-state index contributed by atoms with van der Waals surface area (Å²) < 4.78 is 1.06. The summed E-state index contributed by atoms with van der Waals surface area (Å²) >= 11 is 3.44. The van der Waals surface area contributed by atoms with E-state index in [2.05, 4.69) is 33.4 Å². The number of amides is 1. The Morgan fingerprint density at radius 3 is 2.53 bits per heavy atom. The third-order valence-electron chi connectivity index (χ3n) is 3.95. The van der Waals surface area contributed by atoms with Crippen LogP contribution in [0.3, 0.4) is 0 Å². The molecule has 19 heavy (non-hydrogen) atoms. The summed E-state index contributed by atoms with van der Waals surface area (Å²) in [7, 11) is 0. The number of benzene rings is 1. The molecule has 0 bridgehead atoms. The third kappa shape index (κ3) is 3.57. The zero-order chi connectivity index (χ0) is 13.8. The Morgan fingerprint density at radius 2 is 2.05 bits per heavy atom. The van der Waals surface area contributed by atoms with Crippen molar-refractivity contribution in [3.63, 3.8) is 0 Å². The summed E-state index contributed by atoms with van der Waals surface area (Å²) in [4.78, 5) is 12.1. The van der Waals surface area contributed by atoms with Gasteiger partial charge in [0.15, 0.2) is 0 Å². The van der Waals surface area contributed by atoms with Gasteiger partial charge >= 0.3 is 0 Å². The molecular weight excluding hydrogens is 304 g/mol. The summed E-state index contributed by atoms with van der Waals surface area (Å²) in [5.41, 5.74) is 6.75. The molecule has 2 rings (SSSR count). The van der Waals surface area contributed by atoms with E-state index >= 15 is 0 Å². The number of nitrogens with two attached hydrogens (primary N) is 1.